The molecule has 1 aliphatic heterocycles. The average Bonchev–Trinajstić information content (AvgIpc) is 2.67. The van der Waals surface area contributed by atoms with E-state index in [0.29, 0.717) is 18.5 Å². The number of rotatable bonds is 3. The second-order valence-electron chi connectivity index (χ2n) is 6.44. The van der Waals surface area contributed by atoms with E-state index in [1.807, 2.05) is 0 Å². The van der Waals surface area contributed by atoms with Crippen molar-refractivity contribution in [3.05, 3.63) is 65.7 Å². The molecule has 2 amide bonds. The average molecular weight is 376 g/mol. The van der Waals surface area contributed by atoms with Gasteiger partial charge in [0.1, 0.15) is 6.04 Å². The van der Waals surface area contributed by atoms with E-state index in [9.17, 15) is 22.8 Å². The van der Waals surface area contributed by atoms with Crippen molar-refractivity contribution >= 4 is 17.5 Å². The number of carbonyl (C=O) groups is 2. The van der Waals surface area contributed by atoms with E-state index < -0.39 is 23.7 Å². The van der Waals surface area contributed by atoms with E-state index in [2.05, 4.69) is 5.32 Å². The van der Waals surface area contributed by atoms with E-state index in [1.165, 1.54) is 17.0 Å². The van der Waals surface area contributed by atoms with Gasteiger partial charge in [-0.2, -0.15) is 13.2 Å². The predicted octanol–water partition coefficient (Wildman–Crippen LogP) is 4.34. The molecule has 3 rings (SSSR count). The molecular formula is C20H19F3N2O2. The number of nitrogens with one attached hydrogen (secondary N) is 1. The molecule has 142 valence electrons. The van der Waals surface area contributed by atoms with Crippen LogP contribution in [-0.4, -0.2) is 29.3 Å². The number of hydrogen-bond acceptors (Lipinski definition) is 2. The Morgan fingerprint density at radius 2 is 1.74 bits per heavy atom. The molecule has 2 aromatic carbocycles. The number of amides is 2. The molecule has 0 spiro atoms. The molecule has 0 aromatic heterocycles. The van der Waals surface area contributed by atoms with Crippen molar-refractivity contribution < 1.29 is 22.8 Å². The van der Waals surface area contributed by atoms with Crippen molar-refractivity contribution in [1.82, 2.24) is 4.90 Å². The highest BCUT2D eigenvalue weighted by molar-refractivity contribution is 6.01. The van der Waals surface area contributed by atoms with Crippen LogP contribution in [0.15, 0.2) is 54.6 Å². The number of hydrogen-bond donors (Lipinski definition) is 1. The molecule has 4 nitrogen and oxygen atoms in total. The van der Waals surface area contributed by atoms with Crippen LogP contribution in [0, 0.1) is 0 Å². The van der Waals surface area contributed by atoms with Crippen molar-refractivity contribution in [2.75, 3.05) is 11.9 Å². The largest absolute Gasteiger partial charge is 0.416 e. The van der Waals surface area contributed by atoms with E-state index in [4.69, 9.17) is 0 Å². The van der Waals surface area contributed by atoms with E-state index in [0.717, 1.165) is 25.0 Å². The molecule has 0 bridgehead atoms. The first-order valence-corrected chi connectivity index (χ1v) is 8.70. The third kappa shape index (κ3) is 4.48. The van der Waals surface area contributed by atoms with E-state index >= 15 is 0 Å². The summed E-state index contributed by atoms with van der Waals surface area (Å²) in [6.07, 6.45) is -2.45. The van der Waals surface area contributed by atoms with Gasteiger partial charge in [-0.1, -0.05) is 24.3 Å². The Balaban J connectivity index is 1.77. The fourth-order valence-electron chi connectivity index (χ4n) is 3.19. The third-order valence-corrected chi connectivity index (χ3v) is 4.54. The zero-order valence-electron chi connectivity index (χ0n) is 14.5. The van der Waals surface area contributed by atoms with Crippen molar-refractivity contribution in [3.8, 4) is 0 Å². The SMILES string of the molecule is O=C(Nc1cccc(C(F)(F)F)c1)[C@H]1CCCCN1C(=O)c1ccccc1. The first-order chi connectivity index (χ1) is 12.9. The van der Waals surface area contributed by atoms with Crippen LogP contribution in [0.2, 0.25) is 0 Å². The maximum Gasteiger partial charge on any atom is 0.416 e. The Labute approximate surface area is 155 Å². The lowest BCUT2D eigenvalue weighted by Crippen LogP contribution is -2.50. The summed E-state index contributed by atoms with van der Waals surface area (Å²) in [5.41, 5.74) is -0.287. The van der Waals surface area contributed by atoms with Crippen LogP contribution in [-0.2, 0) is 11.0 Å². The quantitative estimate of drug-likeness (QED) is 0.866. The number of halogens is 3. The standard InChI is InChI=1S/C20H19F3N2O2/c21-20(22,23)15-9-6-10-16(13-15)24-18(26)17-11-4-5-12-25(17)19(27)14-7-2-1-3-8-14/h1-3,6-10,13,17H,4-5,11-12H2,(H,24,26)/t17-/m1/s1. The van der Waals surface area contributed by atoms with E-state index in [1.54, 1.807) is 30.3 Å². The minimum absolute atomic E-state index is 0.0625. The van der Waals surface area contributed by atoms with Crippen LogP contribution < -0.4 is 5.32 Å². The van der Waals surface area contributed by atoms with Gasteiger partial charge in [-0.3, -0.25) is 9.59 Å². The Bertz CT molecular complexity index is 821. The monoisotopic (exact) mass is 376 g/mol. The van der Waals surface area contributed by atoms with Crippen molar-refractivity contribution in [1.29, 1.82) is 0 Å². The third-order valence-electron chi connectivity index (χ3n) is 4.54. The van der Waals surface area contributed by atoms with Crippen LogP contribution in [0.4, 0.5) is 18.9 Å². The lowest BCUT2D eigenvalue weighted by molar-refractivity contribution is -0.137. The highest BCUT2D eigenvalue weighted by Crippen LogP contribution is 2.31. The number of anilines is 1. The summed E-state index contributed by atoms with van der Waals surface area (Å²) in [7, 11) is 0. The smallest absolute Gasteiger partial charge is 0.327 e. The fraction of sp³-hybridized carbons (Fsp3) is 0.300. The van der Waals surface area contributed by atoms with Gasteiger partial charge in [-0.15, -0.1) is 0 Å². The van der Waals surface area contributed by atoms with Crippen molar-refractivity contribution in [3.63, 3.8) is 0 Å². The Kier molecular flexibility index (Phi) is 5.48. The summed E-state index contributed by atoms with van der Waals surface area (Å²) >= 11 is 0. The molecule has 1 fully saturated rings. The molecule has 0 unspecified atom stereocenters. The van der Waals surface area contributed by atoms with Gasteiger partial charge in [0.15, 0.2) is 0 Å². The summed E-state index contributed by atoms with van der Waals surface area (Å²) in [5.74, 6) is -0.724. The van der Waals surface area contributed by atoms with Crippen molar-refractivity contribution in [2.45, 2.75) is 31.5 Å². The van der Waals surface area contributed by atoms with Crippen LogP contribution in [0.25, 0.3) is 0 Å². The normalized spacial score (nSPS) is 17.4. The summed E-state index contributed by atoms with van der Waals surface area (Å²) in [6, 6.07) is 12.4. The van der Waals surface area contributed by atoms with Gasteiger partial charge in [0.25, 0.3) is 5.91 Å². The summed E-state index contributed by atoms with van der Waals surface area (Å²) < 4.78 is 38.5. The van der Waals surface area contributed by atoms with Crippen LogP contribution in [0.5, 0.6) is 0 Å². The molecule has 0 radical (unpaired) electrons. The minimum atomic E-state index is -4.49. The second kappa shape index (κ2) is 7.82. The maximum atomic E-state index is 12.8. The zero-order chi connectivity index (χ0) is 19.4. The van der Waals surface area contributed by atoms with Gasteiger partial charge in [0.2, 0.25) is 5.91 Å². The highest BCUT2D eigenvalue weighted by Gasteiger charge is 2.33. The predicted molar refractivity (Wildman–Crippen MR) is 95.2 cm³/mol. The topological polar surface area (TPSA) is 49.4 Å². The molecule has 1 atom stereocenters. The molecule has 0 saturated carbocycles. The number of nitrogens with zero attached hydrogens (tertiary/aromatic N) is 1. The number of alkyl halides is 3. The molecule has 0 aliphatic carbocycles. The maximum absolute atomic E-state index is 12.8. The van der Waals surface area contributed by atoms with Gasteiger partial charge in [0, 0.05) is 17.8 Å². The molecule has 1 N–H and O–H groups in total. The minimum Gasteiger partial charge on any atom is -0.327 e. The number of piperidine rings is 1. The van der Waals surface area contributed by atoms with Crippen LogP contribution in [0.3, 0.4) is 0 Å². The summed E-state index contributed by atoms with van der Waals surface area (Å²) in [6.45, 7) is 0.439. The van der Waals surface area contributed by atoms with Crippen molar-refractivity contribution in [2.24, 2.45) is 0 Å². The second-order valence-corrected chi connectivity index (χ2v) is 6.44. The molecule has 1 saturated heterocycles. The van der Waals surface area contributed by atoms with Crippen LogP contribution >= 0.6 is 0 Å². The van der Waals surface area contributed by atoms with Gasteiger partial charge in [-0.25, -0.2) is 0 Å². The van der Waals surface area contributed by atoms with Gasteiger partial charge >= 0.3 is 6.18 Å². The Morgan fingerprint density at radius 3 is 2.44 bits per heavy atom. The summed E-state index contributed by atoms with van der Waals surface area (Å²) in [5, 5.41) is 2.53. The highest BCUT2D eigenvalue weighted by atomic mass is 19.4. The molecule has 1 aliphatic rings. The van der Waals surface area contributed by atoms with E-state index in [-0.39, 0.29) is 11.6 Å². The van der Waals surface area contributed by atoms with Gasteiger partial charge in [-0.05, 0) is 49.6 Å². The molecule has 7 heteroatoms. The first kappa shape index (κ1) is 18.9. The summed E-state index contributed by atoms with van der Waals surface area (Å²) in [4.78, 5) is 26.9. The Morgan fingerprint density at radius 1 is 1.00 bits per heavy atom. The molecule has 1 heterocycles. The van der Waals surface area contributed by atoms with Crippen LogP contribution in [0.1, 0.15) is 35.2 Å². The molecule has 27 heavy (non-hydrogen) atoms. The number of carbonyl (C=O) groups excluding carboxylic acids is 2. The van der Waals surface area contributed by atoms with Gasteiger partial charge < -0.3 is 10.2 Å². The lowest BCUT2D eigenvalue weighted by atomic mass is 9.99. The Hall–Kier alpha value is -2.83. The number of likely N-dealkylation sites (tertiary alicyclic amines) is 1. The van der Waals surface area contributed by atoms with Gasteiger partial charge in [0.05, 0.1) is 5.56 Å². The zero-order valence-corrected chi connectivity index (χ0v) is 14.5. The lowest BCUT2D eigenvalue weighted by Gasteiger charge is -2.34. The molecular weight excluding hydrogens is 357 g/mol. The first-order valence-electron chi connectivity index (χ1n) is 8.70. The fourth-order valence-corrected chi connectivity index (χ4v) is 3.19. The number of benzene rings is 2. The molecule has 2 aromatic rings.